The van der Waals surface area contributed by atoms with Crippen LogP contribution in [0.3, 0.4) is 0 Å². The topological polar surface area (TPSA) is 55.3 Å². The van der Waals surface area contributed by atoms with Gasteiger partial charge in [-0.05, 0) is 31.0 Å². The van der Waals surface area contributed by atoms with Crippen LogP contribution in [0.1, 0.15) is 35.0 Å². The van der Waals surface area contributed by atoms with Crippen LogP contribution in [0.2, 0.25) is 15.1 Å². The lowest BCUT2D eigenvalue weighted by Gasteiger charge is -2.32. The van der Waals surface area contributed by atoms with Crippen molar-refractivity contribution in [3.05, 3.63) is 50.2 Å². The van der Waals surface area contributed by atoms with Gasteiger partial charge in [0.05, 0.1) is 21.7 Å². The number of carbonyl (C=O) groups excluding carboxylic acids is 1. The standard InChI is InChI=1S/C19H14Cl3F6N3O2/c1-2-33-15(32)10-7-29-16(30-14(10)18(23,24)25)31-4-3-17(8-31,19(26,27)28)9-5-11(20)13(22)12(21)6-9/h5-7H,2-4,8H2,1H3. The summed E-state index contributed by atoms with van der Waals surface area (Å²) < 4.78 is 87.9. The fourth-order valence-electron chi connectivity index (χ4n) is 3.54. The lowest BCUT2D eigenvalue weighted by atomic mass is 9.79. The first kappa shape index (κ1) is 25.6. The molecule has 180 valence electrons. The maximum absolute atomic E-state index is 14.3. The molecule has 1 atom stereocenters. The Kier molecular flexibility index (Phi) is 6.99. The van der Waals surface area contributed by atoms with E-state index in [0.717, 1.165) is 17.0 Å². The summed E-state index contributed by atoms with van der Waals surface area (Å²) in [5.41, 5.74) is -5.36. The first-order valence-corrected chi connectivity index (χ1v) is 10.4. The van der Waals surface area contributed by atoms with Gasteiger partial charge in [-0.15, -0.1) is 0 Å². The van der Waals surface area contributed by atoms with Crippen molar-refractivity contribution in [1.82, 2.24) is 9.97 Å². The Labute approximate surface area is 198 Å². The molecule has 1 aromatic carbocycles. The molecule has 1 saturated heterocycles. The highest BCUT2D eigenvalue weighted by Crippen LogP contribution is 2.50. The number of benzene rings is 1. The Morgan fingerprint density at radius 1 is 1.15 bits per heavy atom. The molecule has 3 rings (SSSR count). The van der Waals surface area contributed by atoms with Gasteiger partial charge < -0.3 is 9.64 Å². The molecule has 33 heavy (non-hydrogen) atoms. The molecule has 0 spiro atoms. The molecular weight excluding hydrogens is 523 g/mol. The zero-order chi connectivity index (χ0) is 24.8. The van der Waals surface area contributed by atoms with Crippen molar-refractivity contribution in [3.63, 3.8) is 0 Å². The molecule has 0 N–H and O–H groups in total. The predicted molar refractivity (Wildman–Crippen MR) is 109 cm³/mol. The van der Waals surface area contributed by atoms with Crippen LogP contribution < -0.4 is 4.90 Å². The van der Waals surface area contributed by atoms with Crippen molar-refractivity contribution in [2.75, 3.05) is 24.6 Å². The summed E-state index contributed by atoms with van der Waals surface area (Å²) in [7, 11) is 0. The second kappa shape index (κ2) is 8.99. The van der Waals surface area contributed by atoms with E-state index in [1.165, 1.54) is 6.92 Å². The molecular formula is C19H14Cl3F6N3O2. The summed E-state index contributed by atoms with van der Waals surface area (Å²) in [6, 6.07) is 2.05. The Morgan fingerprint density at radius 2 is 1.76 bits per heavy atom. The van der Waals surface area contributed by atoms with E-state index in [-0.39, 0.29) is 33.8 Å². The van der Waals surface area contributed by atoms with Gasteiger partial charge in [-0.1, -0.05) is 34.8 Å². The number of halogens is 9. The van der Waals surface area contributed by atoms with Gasteiger partial charge in [0, 0.05) is 19.3 Å². The molecule has 5 nitrogen and oxygen atoms in total. The van der Waals surface area contributed by atoms with Gasteiger partial charge in [0.1, 0.15) is 11.0 Å². The molecule has 1 aromatic heterocycles. The molecule has 0 saturated carbocycles. The van der Waals surface area contributed by atoms with Gasteiger partial charge in [-0.2, -0.15) is 26.3 Å². The maximum atomic E-state index is 14.3. The summed E-state index contributed by atoms with van der Waals surface area (Å²) in [6.45, 7) is 0.0786. The van der Waals surface area contributed by atoms with Gasteiger partial charge in [0.15, 0.2) is 5.69 Å². The van der Waals surface area contributed by atoms with E-state index in [2.05, 4.69) is 14.7 Å². The Balaban J connectivity index is 2.05. The van der Waals surface area contributed by atoms with E-state index < -0.39 is 53.9 Å². The van der Waals surface area contributed by atoms with Crippen molar-refractivity contribution in [2.24, 2.45) is 0 Å². The molecule has 0 aliphatic carbocycles. The lowest BCUT2D eigenvalue weighted by Crippen LogP contribution is -2.45. The van der Waals surface area contributed by atoms with Crippen LogP contribution in [-0.4, -0.2) is 41.8 Å². The average Bonchev–Trinajstić information content (AvgIpc) is 3.17. The van der Waals surface area contributed by atoms with Crippen molar-refractivity contribution < 1.29 is 35.9 Å². The summed E-state index contributed by atoms with van der Waals surface area (Å²) in [5, 5.41) is -0.520. The number of aromatic nitrogens is 2. The van der Waals surface area contributed by atoms with Crippen molar-refractivity contribution in [1.29, 1.82) is 0 Å². The van der Waals surface area contributed by atoms with Gasteiger partial charge in [-0.3, -0.25) is 0 Å². The minimum Gasteiger partial charge on any atom is -0.462 e. The largest absolute Gasteiger partial charge is 0.462 e. The Morgan fingerprint density at radius 3 is 2.27 bits per heavy atom. The van der Waals surface area contributed by atoms with E-state index in [1.807, 2.05) is 0 Å². The highest BCUT2D eigenvalue weighted by atomic mass is 35.5. The SMILES string of the molecule is CCOC(=O)c1cnc(N2CCC(c3cc(Cl)c(Cl)c(Cl)c3)(C(F)(F)F)C2)nc1C(F)(F)F. The minimum absolute atomic E-state index is 0.123. The average molecular weight is 537 g/mol. The van der Waals surface area contributed by atoms with Gasteiger partial charge in [0.2, 0.25) is 5.95 Å². The van der Waals surface area contributed by atoms with Crippen molar-refractivity contribution in [2.45, 2.75) is 31.1 Å². The van der Waals surface area contributed by atoms with Crippen LogP contribution in [0.5, 0.6) is 0 Å². The quantitative estimate of drug-likeness (QED) is 0.259. The van der Waals surface area contributed by atoms with Crippen LogP contribution in [0.15, 0.2) is 18.3 Å². The zero-order valence-electron chi connectivity index (χ0n) is 16.6. The fourth-order valence-corrected chi connectivity index (χ4v) is 4.14. The van der Waals surface area contributed by atoms with E-state index in [9.17, 15) is 31.1 Å². The van der Waals surface area contributed by atoms with Gasteiger partial charge in [-0.25, -0.2) is 14.8 Å². The molecule has 2 heterocycles. The monoisotopic (exact) mass is 535 g/mol. The molecule has 0 radical (unpaired) electrons. The first-order chi connectivity index (χ1) is 15.2. The molecule has 14 heteroatoms. The molecule has 0 bridgehead atoms. The van der Waals surface area contributed by atoms with Gasteiger partial charge in [0.25, 0.3) is 0 Å². The molecule has 0 amide bonds. The third-order valence-corrected chi connectivity index (χ3v) is 6.37. The second-order valence-electron chi connectivity index (χ2n) is 7.16. The normalized spacial score (nSPS) is 19.2. The van der Waals surface area contributed by atoms with E-state index in [1.54, 1.807) is 0 Å². The number of hydrogen-bond donors (Lipinski definition) is 0. The summed E-state index contributed by atoms with van der Waals surface area (Å²) in [4.78, 5) is 19.9. The third-order valence-electron chi connectivity index (χ3n) is 5.17. The summed E-state index contributed by atoms with van der Waals surface area (Å²) >= 11 is 17.7. The van der Waals surface area contributed by atoms with Crippen molar-refractivity contribution in [3.8, 4) is 0 Å². The van der Waals surface area contributed by atoms with Crippen molar-refractivity contribution >= 4 is 46.7 Å². The van der Waals surface area contributed by atoms with E-state index in [4.69, 9.17) is 34.8 Å². The Bertz CT molecular complexity index is 1060. The Hall–Kier alpha value is -1.98. The van der Waals surface area contributed by atoms with Gasteiger partial charge >= 0.3 is 18.3 Å². The summed E-state index contributed by atoms with van der Waals surface area (Å²) in [5.74, 6) is -1.92. The van der Waals surface area contributed by atoms with Crippen LogP contribution in [0.25, 0.3) is 0 Å². The number of alkyl halides is 6. The summed E-state index contributed by atoms with van der Waals surface area (Å²) in [6.07, 6.45) is -9.83. The number of anilines is 1. The number of rotatable bonds is 4. The van der Waals surface area contributed by atoms with Crippen LogP contribution in [0, 0.1) is 0 Å². The maximum Gasteiger partial charge on any atom is 0.434 e. The smallest absolute Gasteiger partial charge is 0.434 e. The zero-order valence-corrected chi connectivity index (χ0v) is 18.9. The number of ether oxygens (including phenoxy) is 1. The third kappa shape index (κ3) is 4.81. The molecule has 2 aromatic rings. The lowest BCUT2D eigenvalue weighted by molar-refractivity contribution is -0.184. The highest BCUT2D eigenvalue weighted by molar-refractivity contribution is 6.48. The number of esters is 1. The first-order valence-electron chi connectivity index (χ1n) is 9.29. The predicted octanol–water partition coefficient (Wildman–Crippen LogP) is 6.34. The number of nitrogens with zero attached hydrogens (tertiary/aromatic N) is 3. The van der Waals surface area contributed by atoms with E-state index in [0.29, 0.717) is 6.20 Å². The molecule has 1 fully saturated rings. The molecule has 1 aliphatic rings. The van der Waals surface area contributed by atoms with Crippen LogP contribution in [-0.2, 0) is 16.3 Å². The van der Waals surface area contributed by atoms with Crippen LogP contribution in [0.4, 0.5) is 32.3 Å². The molecule has 1 aliphatic heterocycles. The fraction of sp³-hybridized carbons (Fsp3) is 0.421. The molecule has 1 unspecified atom stereocenters. The highest BCUT2D eigenvalue weighted by Gasteiger charge is 2.59. The number of carbonyl (C=O) groups is 1. The van der Waals surface area contributed by atoms with Crippen LogP contribution >= 0.6 is 34.8 Å². The minimum atomic E-state index is -5.07. The van der Waals surface area contributed by atoms with E-state index >= 15 is 0 Å². The second-order valence-corrected chi connectivity index (χ2v) is 8.35. The number of hydrogen-bond acceptors (Lipinski definition) is 5.